The lowest BCUT2D eigenvalue weighted by molar-refractivity contribution is -0.112. The van der Waals surface area contributed by atoms with Gasteiger partial charge in [-0.25, -0.2) is 0 Å². The lowest BCUT2D eigenvalue weighted by atomic mass is 9.91. The number of aliphatic hydroxyl groups is 2. The van der Waals surface area contributed by atoms with Crippen molar-refractivity contribution in [3.05, 3.63) is 12.3 Å². The molecule has 2 fully saturated rings. The highest BCUT2D eigenvalue weighted by Gasteiger charge is 2.61. The molecule has 64 valence electrons. The zero-order valence-corrected chi connectivity index (χ0v) is 6.43. The van der Waals surface area contributed by atoms with Crippen molar-refractivity contribution in [3.63, 3.8) is 0 Å². The van der Waals surface area contributed by atoms with Crippen molar-refractivity contribution in [1.82, 2.24) is 0 Å². The van der Waals surface area contributed by atoms with Crippen LogP contribution in [0.1, 0.15) is 0 Å². The molecule has 2 saturated heterocycles. The van der Waals surface area contributed by atoms with Crippen LogP contribution in [0.25, 0.3) is 0 Å². The highest BCUT2D eigenvalue weighted by atomic mass is 16.6. The fourth-order valence-electron chi connectivity index (χ4n) is 1.67. The van der Waals surface area contributed by atoms with Crippen LogP contribution in [0.4, 0.5) is 0 Å². The van der Waals surface area contributed by atoms with Gasteiger partial charge in [-0.2, -0.15) is 0 Å². The Kier molecular flexibility index (Phi) is 1.52. The summed E-state index contributed by atoms with van der Waals surface area (Å²) >= 11 is 0. The molecule has 0 unspecified atom stereocenters. The van der Waals surface area contributed by atoms with Crippen molar-refractivity contribution in [3.8, 4) is 0 Å². The van der Waals surface area contributed by atoms with Crippen LogP contribution in [0.5, 0.6) is 0 Å². The van der Waals surface area contributed by atoms with E-state index in [1.165, 1.54) is 0 Å². The first-order valence-electron chi connectivity index (χ1n) is 3.69. The summed E-state index contributed by atoms with van der Waals surface area (Å²) in [6.45, 7) is 3.44. The first-order chi connectivity index (χ1) is 5.58. The number of rotatable bonds is 1. The van der Waals surface area contributed by atoms with Gasteiger partial charge in [0.05, 0.1) is 6.61 Å². The maximum atomic E-state index is 9.57. The van der Waals surface area contributed by atoms with Gasteiger partial charge in [0.15, 0.2) is 5.60 Å². The molecule has 2 bridgehead atoms. The van der Waals surface area contributed by atoms with Gasteiger partial charge in [0.2, 0.25) is 0 Å². The average Bonchev–Trinajstić information content (AvgIpc) is 2.42. The molecule has 0 aromatic heterocycles. The molecule has 0 amide bonds. The second kappa shape index (κ2) is 2.25. The monoisotopic (exact) mass is 168 g/mol. The minimum Gasteiger partial charge on any atom is -0.510 e. The molecule has 4 nitrogen and oxygen atoms in total. The van der Waals surface area contributed by atoms with Crippen LogP contribution in [-0.2, 0) is 9.47 Å². The zero-order valence-electron chi connectivity index (χ0n) is 6.43. The summed E-state index contributed by atoms with van der Waals surface area (Å²) in [6, 6.07) is -0.683. The van der Waals surface area contributed by atoms with E-state index in [9.17, 15) is 10.2 Å². The van der Waals surface area contributed by atoms with Gasteiger partial charge in [-0.3, -0.25) is 0 Å². The molecule has 0 aromatic carbocycles. The van der Waals surface area contributed by atoms with Crippen molar-refractivity contribution in [2.45, 2.75) is 23.8 Å². The van der Waals surface area contributed by atoms with E-state index in [4.69, 9.17) is 17.3 Å². The Bertz CT molecular complexity index is 231. The molecule has 0 spiro atoms. The summed E-state index contributed by atoms with van der Waals surface area (Å²) in [5.41, 5.74) is -1.19. The third-order valence-corrected chi connectivity index (χ3v) is 2.44. The lowest BCUT2D eigenvalue weighted by Gasteiger charge is -2.28. The molecule has 12 heavy (non-hydrogen) atoms. The van der Waals surface area contributed by atoms with Crippen LogP contribution in [0.2, 0.25) is 0 Å². The SMILES string of the molecule is [B][C@@H]1O[C@@]2(C(=C)O)CO[C@@H]1[C@@H]2O. The van der Waals surface area contributed by atoms with Crippen LogP contribution in [0.15, 0.2) is 12.3 Å². The van der Waals surface area contributed by atoms with E-state index in [0.29, 0.717) is 0 Å². The normalized spacial score (nSPS) is 51.2. The Morgan fingerprint density at radius 2 is 2.33 bits per heavy atom. The predicted octanol–water partition coefficient (Wildman–Crippen LogP) is -0.919. The molecule has 4 atom stereocenters. The van der Waals surface area contributed by atoms with Crippen molar-refractivity contribution in [2.24, 2.45) is 0 Å². The molecule has 2 aliphatic rings. The van der Waals surface area contributed by atoms with Crippen molar-refractivity contribution in [1.29, 1.82) is 0 Å². The van der Waals surface area contributed by atoms with E-state index >= 15 is 0 Å². The summed E-state index contributed by atoms with van der Waals surface area (Å²) in [6.07, 6.45) is -1.46. The van der Waals surface area contributed by atoms with Crippen LogP contribution in [0.3, 0.4) is 0 Å². The highest BCUT2D eigenvalue weighted by Crippen LogP contribution is 2.42. The summed E-state index contributed by atoms with van der Waals surface area (Å²) < 4.78 is 10.3. The minimum atomic E-state index is -1.19. The van der Waals surface area contributed by atoms with E-state index in [2.05, 4.69) is 6.58 Å². The van der Waals surface area contributed by atoms with Gasteiger partial charge < -0.3 is 19.7 Å². The molecular weight excluding hydrogens is 159 g/mol. The third kappa shape index (κ3) is 0.735. The van der Waals surface area contributed by atoms with Gasteiger partial charge in [-0.15, -0.1) is 0 Å². The molecule has 0 saturated carbocycles. The molecule has 0 aromatic rings. The van der Waals surface area contributed by atoms with Gasteiger partial charge in [0, 0.05) is 6.00 Å². The van der Waals surface area contributed by atoms with E-state index in [1.807, 2.05) is 0 Å². The fraction of sp³-hybridized carbons (Fsp3) is 0.714. The largest absolute Gasteiger partial charge is 0.510 e. The molecule has 0 aliphatic carbocycles. The summed E-state index contributed by atoms with van der Waals surface area (Å²) in [4.78, 5) is 0. The Morgan fingerprint density at radius 1 is 1.67 bits per heavy atom. The van der Waals surface area contributed by atoms with Gasteiger partial charge in [0.1, 0.15) is 25.8 Å². The summed E-state index contributed by atoms with van der Waals surface area (Å²) in [5, 5.41) is 18.8. The van der Waals surface area contributed by atoms with E-state index in [1.54, 1.807) is 0 Å². The van der Waals surface area contributed by atoms with E-state index < -0.39 is 23.8 Å². The number of aliphatic hydroxyl groups excluding tert-OH is 2. The number of hydrogen-bond acceptors (Lipinski definition) is 4. The van der Waals surface area contributed by atoms with Gasteiger partial charge >= 0.3 is 0 Å². The molecule has 2 rings (SSSR count). The molecule has 5 heteroatoms. The maximum absolute atomic E-state index is 9.57. The molecule has 2 radical (unpaired) electrons. The molecule has 2 N–H and O–H groups in total. The van der Waals surface area contributed by atoms with Crippen LogP contribution < -0.4 is 0 Å². The molecule has 2 aliphatic heterocycles. The minimum absolute atomic E-state index is 0.113. The van der Waals surface area contributed by atoms with Crippen LogP contribution in [-0.4, -0.2) is 48.5 Å². The standard InChI is InChI=1S/C7H9BO4/c1-3(9)7-2-11-4(5(7)10)6(8)12-7/h4-6,9-10H,1-2H2/t4-,5+,6-,7-/m1/s1. The van der Waals surface area contributed by atoms with E-state index in [-0.39, 0.29) is 12.4 Å². The molecular formula is C7H9BO4. The van der Waals surface area contributed by atoms with E-state index in [0.717, 1.165) is 0 Å². The Labute approximate surface area is 71.2 Å². The molecule has 2 heterocycles. The Morgan fingerprint density at radius 3 is 2.58 bits per heavy atom. The van der Waals surface area contributed by atoms with Crippen LogP contribution in [0, 0.1) is 0 Å². The van der Waals surface area contributed by atoms with Crippen LogP contribution >= 0.6 is 0 Å². The highest BCUT2D eigenvalue weighted by molar-refractivity contribution is 6.11. The first-order valence-corrected chi connectivity index (χ1v) is 3.69. The second-order valence-corrected chi connectivity index (χ2v) is 3.14. The topological polar surface area (TPSA) is 58.9 Å². The van der Waals surface area contributed by atoms with Gasteiger partial charge in [-0.05, 0) is 0 Å². The van der Waals surface area contributed by atoms with Crippen molar-refractivity contribution < 1.29 is 19.7 Å². The van der Waals surface area contributed by atoms with Gasteiger partial charge in [0.25, 0.3) is 0 Å². The third-order valence-electron chi connectivity index (χ3n) is 2.44. The van der Waals surface area contributed by atoms with Gasteiger partial charge in [-0.1, -0.05) is 6.58 Å². The zero-order chi connectivity index (χ0) is 8.93. The predicted molar refractivity (Wildman–Crippen MR) is 40.9 cm³/mol. The summed E-state index contributed by atoms with van der Waals surface area (Å²) in [7, 11) is 5.47. The lowest BCUT2D eigenvalue weighted by Crippen LogP contribution is -2.42. The quantitative estimate of drug-likeness (QED) is 0.392. The number of ether oxygens (including phenoxy) is 2. The smallest absolute Gasteiger partial charge is 0.175 e. The number of hydrogen-bond donors (Lipinski definition) is 2. The second-order valence-electron chi connectivity index (χ2n) is 3.14. The Balaban J connectivity index is 2.33. The fourth-order valence-corrected chi connectivity index (χ4v) is 1.67. The number of fused-ring (bicyclic) bond motifs is 2. The summed E-state index contributed by atoms with van der Waals surface area (Å²) in [5.74, 6) is -0.231. The first kappa shape index (κ1) is 8.10. The Hall–Kier alpha value is -0.515. The average molecular weight is 168 g/mol. The van der Waals surface area contributed by atoms with Crippen molar-refractivity contribution in [2.75, 3.05) is 6.61 Å². The maximum Gasteiger partial charge on any atom is 0.175 e. The van der Waals surface area contributed by atoms with Crippen molar-refractivity contribution >= 4 is 7.85 Å².